The van der Waals surface area contributed by atoms with E-state index in [1.807, 2.05) is 30.3 Å². The number of fused-ring (bicyclic) bond motifs is 1. The third kappa shape index (κ3) is 4.07. The van der Waals surface area contributed by atoms with Crippen molar-refractivity contribution >= 4 is 12.0 Å². The molecule has 0 aromatic heterocycles. The third-order valence-electron chi connectivity index (χ3n) is 6.28. The molecule has 0 unspecified atom stereocenters. The van der Waals surface area contributed by atoms with Crippen LogP contribution in [-0.2, 0) is 4.79 Å². The highest BCUT2D eigenvalue weighted by Crippen LogP contribution is 2.39. The predicted molar refractivity (Wildman–Crippen MR) is 117 cm³/mol. The second kappa shape index (κ2) is 8.53. The molecule has 2 heterocycles. The molecule has 1 N–H and O–H groups in total. The van der Waals surface area contributed by atoms with Gasteiger partial charge in [-0.3, -0.25) is 4.79 Å². The minimum atomic E-state index is -0.0382. The van der Waals surface area contributed by atoms with Gasteiger partial charge in [-0.2, -0.15) is 0 Å². The summed E-state index contributed by atoms with van der Waals surface area (Å²) in [6, 6.07) is 11.8. The molecule has 2 aromatic carbocycles. The highest BCUT2D eigenvalue weighted by Gasteiger charge is 2.27. The summed E-state index contributed by atoms with van der Waals surface area (Å²) < 4.78 is 22.8. The monoisotopic (exact) mass is 421 g/mol. The number of carbonyl (C=O) groups is 1. The van der Waals surface area contributed by atoms with Gasteiger partial charge in [0, 0.05) is 23.6 Å². The third-order valence-corrected chi connectivity index (χ3v) is 6.28. The molecule has 6 heteroatoms. The predicted octanol–water partition coefficient (Wildman–Crippen LogP) is 4.43. The summed E-state index contributed by atoms with van der Waals surface area (Å²) in [6.45, 7) is 0.803. The van der Waals surface area contributed by atoms with Crippen molar-refractivity contribution in [2.45, 2.75) is 44.1 Å². The quantitative estimate of drug-likeness (QED) is 0.724. The molecule has 2 fully saturated rings. The topological polar surface area (TPSA) is 66.0 Å². The molecule has 1 amide bonds. The highest BCUT2D eigenvalue weighted by atomic mass is 16.7. The van der Waals surface area contributed by atoms with Crippen molar-refractivity contribution in [2.75, 3.05) is 20.4 Å². The van der Waals surface area contributed by atoms with Gasteiger partial charge in [0.25, 0.3) is 0 Å². The van der Waals surface area contributed by atoms with Crippen LogP contribution >= 0.6 is 0 Å². The van der Waals surface area contributed by atoms with Gasteiger partial charge in [0.2, 0.25) is 12.7 Å². The number of rotatable bonds is 5. The number of amides is 1. The zero-order valence-electron chi connectivity index (χ0n) is 17.7. The smallest absolute Gasteiger partial charge is 0.247 e. The Hall–Kier alpha value is -3.15. The molecule has 6 nitrogen and oxygen atoms in total. The first kappa shape index (κ1) is 19.8. The van der Waals surface area contributed by atoms with Gasteiger partial charge in [-0.05, 0) is 61.9 Å². The summed E-state index contributed by atoms with van der Waals surface area (Å²) in [5.41, 5.74) is 2.73. The fraction of sp³-hybridized carbons (Fsp3) is 0.400. The minimum absolute atomic E-state index is 0.0382. The Labute approximate surface area is 182 Å². The summed E-state index contributed by atoms with van der Waals surface area (Å²) in [5.74, 6) is 3.08. The Morgan fingerprint density at radius 3 is 2.81 bits per heavy atom. The standard InChI is InChI=1S/C25H27NO5/c1-28-21-10-9-16(13-23(21)31-20-6-2-3-7-20)19-12-18(25(27)26-14-19)11-17-5-4-8-22-24(17)30-15-29-22/h4-5,8-11,13,19-20H,2-3,6-7,12,14-15H2,1H3,(H,26,27)/t19-/m1/s1. The van der Waals surface area contributed by atoms with Crippen molar-refractivity contribution < 1.29 is 23.7 Å². The Morgan fingerprint density at radius 2 is 1.97 bits per heavy atom. The Kier molecular flexibility index (Phi) is 5.45. The largest absolute Gasteiger partial charge is 0.493 e. The van der Waals surface area contributed by atoms with Gasteiger partial charge in [-0.25, -0.2) is 0 Å². The second-order valence-corrected chi connectivity index (χ2v) is 8.30. The van der Waals surface area contributed by atoms with Gasteiger partial charge in [0.1, 0.15) is 0 Å². The molecule has 2 aliphatic heterocycles. The van der Waals surface area contributed by atoms with Crippen LogP contribution in [0.3, 0.4) is 0 Å². The van der Waals surface area contributed by atoms with Gasteiger partial charge in [-0.1, -0.05) is 18.2 Å². The van der Waals surface area contributed by atoms with Crippen LogP contribution in [0.25, 0.3) is 6.08 Å². The van der Waals surface area contributed by atoms with Crippen LogP contribution in [0.15, 0.2) is 42.0 Å². The van der Waals surface area contributed by atoms with Gasteiger partial charge >= 0.3 is 0 Å². The molecule has 162 valence electrons. The molecule has 1 atom stereocenters. The van der Waals surface area contributed by atoms with E-state index < -0.39 is 0 Å². The summed E-state index contributed by atoms with van der Waals surface area (Å²) >= 11 is 0. The van der Waals surface area contributed by atoms with E-state index in [1.54, 1.807) is 7.11 Å². The normalized spacial score (nSPS) is 21.9. The van der Waals surface area contributed by atoms with Crippen molar-refractivity contribution in [2.24, 2.45) is 0 Å². The SMILES string of the molecule is COc1ccc([C@H]2CNC(=O)C(=Cc3cccc4c3OCO4)C2)cc1OC1CCCC1. The zero-order valence-corrected chi connectivity index (χ0v) is 17.7. The van der Waals surface area contributed by atoms with Crippen molar-refractivity contribution in [1.82, 2.24) is 5.32 Å². The number of piperidine rings is 1. The number of nitrogens with one attached hydrogen (secondary N) is 1. The van der Waals surface area contributed by atoms with Gasteiger partial charge in [-0.15, -0.1) is 0 Å². The summed E-state index contributed by atoms with van der Waals surface area (Å²) in [6.07, 6.45) is 7.42. The van der Waals surface area contributed by atoms with E-state index in [0.717, 1.165) is 41.0 Å². The van der Waals surface area contributed by atoms with E-state index in [2.05, 4.69) is 17.4 Å². The van der Waals surface area contributed by atoms with Crippen LogP contribution in [-0.4, -0.2) is 32.5 Å². The maximum absolute atomic E-state index is 12.6. The Balaban J connectivity index is 1.40. The molecule has 1 saturated heterocycles. The van der Waals surface area contributed by atoms with Crippen LogP contribution in [0.1, 0.15) is 49.1 Å². The van der Waals surface area contributed by atoms with E-state index in [0.29, 0.717) is 24.5 Å². The van der Waals surface area contributed by atoms with Gasteiger partial charge in [0.05, 0.1) is 13.2 Å². The fourth-order valence-electron chi connectivity index (χ4n) is 4.60. The molecule has 0 radical (unpaired) electrons. The number of carbonyl (C=O) groups excluding carboxylic acids is 1. The lowest BCUT2D eigenvalue weighted by Gasteiger charge is -2.26. The number of benzene rings is 2. The van der Waals surface area contributed by atoms with Crippen LogP contribution < -0.4 is 24.3 Å². The summed E-state index contributed by atoms with van der Waals surface area (Å²) in [7, 11) is 1.67. The number of para-hydroxylation sites is 1. The summed E-state index contributed by atoms with van der Waals surface area (Å²) in [5, 5.41) is 3.04. The minimum Gasteiger partial charge on any atom is -0.493 e. The Bertz CT molecular complexity index is 1010. The number of hydrogen-bond donors (Lipinski definition) is 1. The lowest BCUT2D eigenvalue weighted by atomic mass is 9.87. The van der Waals surface area contributed by atoms with E-state index >= 15 is 0 Å². The molecule has 1 aliphatic carbocycles. The van der Waals surface area contributed by atoms with E-state index in [-0.39, 0.29) is 24.7 Å². The molecular formula is C25H27NO5. The molecule has 0 bridgehead atoms. The van der Waals surface area contributed by atoms with Crippen molar-refractivity contribution in [3.05, 3.63) is 53.1 Å². The van der Waals surface area contributed by atoms with E-state index in [9.17, 15) is 4.79 Å². The molecular weight excluding hydrogens is 394 g/mol. The number of methoxy groups -OCH3 is 1. The van der Waals surface area contributed by atoms with Gasteiger partial charge < -0.3 is 24.3 Å². The number of hydrogen-bond acceptors (Lipinski definition) is 5. The fourth-order valence-corrected chi connectivity index (χ4v) is 4.60. The van der Waals surface area contributed by atoms with Crippen LogP contribution in [0.5, 0.6) is 23.0 Å². The molecule has 0 spiro atoms. The lowest BCUT2D eigenvalue weighted by molar-refractivity contribution is -0.118. The highest BCUT2D eigenvalue weighted by molar-refractivity contribution is 5.99. The van der Waals surface area contributed by atoms with E-state index in [4.69, 9.17) is 18.9 Å². The second-order valence-electron chi connectivity index (χ2n) is 8.30. The maximum atomic E-state index is 12.6. The van der Waals surface area contributed by atoms with Crippen molar-refractivity contribution in [3.63, 3.8) is 0 Å². The van der Waals surface area contributed by atoms with E-state index in [1.165, 1.54) is 12.8 Å². The van der Waals surface area contributed by atoms with Crippen LogP contribution in [0.2, 0.25) is 0 Å². The Morgan fingerprint density at radius 1 is 1.10 bits per heavy atom. The zero-order chi connectivity index (χ0) is 21.2. The first-order valence-corrected chi connectivity index (χ1v) is 10.9. The first-order valence-electron chi connectivity index (χ1n) is 10.9. The van der Waals surface area contributed by atoms with Crippen LogP contribution in [0.4, 0.5) is 0 Å². The molecule has 1 saturated carbocycles. The number of ether oxygens (including phenoxy) is 4. The molecule has 31 heavy (non-hydrogen) atoms. The van der Waals surface area contributed by atoms with Crippen LogP contribution in [0, 0.1) is 0 Å². The van der Waals surface area contributed by atoms with Gasteiger partial charge in [0.15, 0.2) is 23.0 Å². The van der Waals surface area contributed by atoms with Crippen molar-refractivity contribution in [3.8, 4) is 23.0 Å². The molecule has 3 aliphatic rings. The molecule has 5 rings (SSSR count). The first-order chi connectivity index (χ1) is 15.2. The lowest BCUT2D eigenvalue weighted by Crippen LogP contribution is -2.35. The summed E-state index contributed by atoms with van der Waals surface area (Å²) in [4.78, 5) is 12.6. The average Bonchev–Trinajstić information content (AvgIpc) is 3.48. The average molecular weight is 421 g/mol. The maximum Gasteiger partial charge on any atom is 0.247 e. The van der Waals surface area contributed by atoms with Crippen molar-refractivity contribution in [1.29, 1.82) is 0 Å². The molecule has 2 aromatic rings.